The van der Waals surface area contributed by atoms with Crippen LogP contribution in [0, 0.1) is 5.92 Å². The number of nitrogens with zero attached hydrogens (tertiary/aromatic N) is 1. The van der Waals surface area contributed by atoms with Crippen molar-refractivity contribution >= 4 is 44.9 Å². The minimum Gasteiger partial charge on any atom is -0.447 e. The highest BCUT2D eigenvalue weighted by atomic mass is 32.2. The molecule has 1 aliphatic carbocycles. The maximum absolute atomic E-state index is 13.6. The largest absolute Gasteiger partial charge is 0.447 e. The van der Waals surface area contributed by atoms with E-state index in [1.807, 2.05) is 12.1 Å². The molecule has 0 bridgehead atoms. The van der Waals surface area contributed by atoms with Gasteiger partial charge in [0, 0.05) is 40.8 Å². The summed E-state index contributed by atoms with van der Waals surface area (Å²) in [6.07, 6.45) is 6.73. The smallest absolute Gasteiger partial charge is 0.411 e. The second-order valence-corrected chi connectivity index (χ2v) is 14.8. The van der Waals surface area contributed by atoms with Crippen molar-refractivity contribution in [3.8, 4) is 21.0 Å². The van der Waals surface area contributed by atoms with Crippen LogP contribution < -0.4 is 20.7 Å². The van der Waals surface area contributed by atoms with Gasteiger partial charge >= 0.3 is 12.1 Å². The molecule has 1 aliphatic rings. The van der Waals surface area contributed by atoms with Crippen LogP contribution in [0.3, 0.4) is 0 Å². The van der Waals surface area contributed by atoms with Crippen molar-refractivity contribution in [1.82, 2.24) is 15.0 Å². The lowest BCUT2D eigenvalue weighted by Crippen LogP contribution is -2.40. The van der Waals surface area contributed by atoms with Crippen LogP contribution in [0.4, 0.5) is 21.0 Å². The minimum atomic E-state index is -3.96. The summed E-state index contributed by atoms with van der Waals surface area (Å²) < 4.78 is 35.0. The number of carbonyl (C=O) groups excluding carboxylic acids is 2. The highest BCUT2D eigenvalue weighted by Gasteiger charge is 2.27. The number of benzene rings is 2. The molecule has 3 amide bonds. The van der Waals surface area contributed by atoms with E-state index >= 15 is 0 Å². The predicted octanol–water partition coefficient (Wildman–Crippen LogP) is 7.21. The Hall–Kier alpha value is -3.48. The third-order valence-electron chi connectivity index (χ3n) is 6.74. The van der Waals surface area contributed by atoms with Gasteiger partial charge in [0.15, 0.2) is 0 Å². The molecule has 0 spiro atoms. The van der Waals surface area contributed by atoms with E-state index in [4.69, 9.17) is 4.74 Å². The standard InChI is InChI=1S/C31H41N5O5S2/c1-20(2)41-30(38)35-23-13-11-22(12-14-23)28-32-19-26(42-28)25-16-15-24(17-27(25)43(39,40)36-31(3,4)5)34-29(37)33-18-21-9-7-6-8-10-21/h11-17,19-21,36H,6-10,18H2,1-5H3,(H,35,38)(H2,33,34,37). The number of aromatic nitrogens is 1. The Morgan fingerprint density at radius 2 is 1.67 bits per heavy atom. The zero-order valence-electron chi connectivity index (χ0n) is 25.3. The van der Waals surface area contributed by atoms with Gasteiger partial charge in [0.2, 0.25) is 10.0 Å². The molecule has 4 N–H and O–H groups in total. The van der Waals surface area contributed by atoms with Crippen molar-refractivity contribution in [1.29, 1.82) is 0 Å². The van der Waals surface area contributed by atoms with Crippen LogP contribution in [0.15, 0.2) is 53.6 Å². The van der Waals surface area contributed by atoms with Gasteiger partial charge in [0.1, 0.15) is 5.01 Å². The van der Waals surface area contributed by atoms with Crippen molar-refractivity contribution in [2.45, 2.75) is 83.3 Å². The van der Waals surface area contributed by atoms with Gasteiger partial charge in [0.05, 0.1) is 15.9 Å². The first-order chi connectivity index (χ1) is 20.3. The van der Waals surface area contributed by atoms with Crippen LogP contribution in [0.2, 0.25) is 0 Å². The summed E-state index contributed by atoms with van der Waals surface area (Å²) in [5, 5.41) is 9.10. The molecule has 3 aromatic rings. The summed E-state index contributed by atoms with van der Waals surface area (Å²) in [7, 11) is -3.96. The van der Waals surface area contributed by atoms with Gasteiger partial charge in [-0.05, 0) is 89.8 Å². The highest BCUT2D eigenvalue weighted by molar-refractivity contribution is 7.89. The van der Waals surface area contributed by atoms with E-state index in [0.29, 0.717) is 39.3 Å². The lowest BCUT2D eigenvalue weighted by Gasteiger charge is -2.22. The fourth-order valence-corrected chi connectivity index (χ4v) is 7.57. The van der Waals surface area contributed by atoms with Crippen molar-refractivity contribution < 1.29 is 22.7 Å². The molecule has 1 saturated carbocycles. The molecule has 1 heterocycles. The molecule has 0 atom stereocenters. The summed E-state index contributed by atoms with van der Waals surface area (Å²) in [5.74, 6) is 0.475. The fourth-order valence-electron chi connectivity index (χ4n) is 4.88. The molecule has 4 rings (SSSR count). The molecule has 2 aromatic carbocycles. The minimum absolute atomic E-state index is 0.0471. The third kappa shape index (κ3) is 9.50. The maximum atomic E-state index is 13.6. The molecule has 12 heteroatoms. The predicted molar refractivity (Wildman–Crippen MR) is 172 cm³/mol. The van der Waals surface area contributed by atoms with E-state index in [2.05, 4.69) is 25.7 Å². The number of hydrogen-bond acceptors (Lipinski definition) is 7. The van der Waals surface area contributed by atoms with Crippen LogP contribution >= 0.6 is 11.3 Å². The summed E-state index contributed by atoms with van der Waals surface area (Å²) in [5.41, 5.74) is 1.53. The topological polar surface area (TPSA) is 139 Å². The molecule has 0 unspecified atom stereocenters. The number of urea groups is 1. The maximum Gasteiger partial charge on any atom is 0.411 e. The molecular formula is C31H41N5O5S2. The van der Waals surface area contributed by atoms with Gasteiger partial charge < -0.3 is 15.4 Å². The van der Waals surface area contributed by atoms with E-state index in [1.54, 1.807) is 65.1 Å². The van der Waals surface area contributed by atoms with Gasteiger partial charge in [-0.3, -0.25) is 5.32 Å². The van der Waals surface area contributed by atoms with Gasteiger partial charge in [0.25, 0.3) is 0 Å². The quantitative estimate of drug-likeness (QED) is 0.198. The van der Waals surface area contributed by atoms with Crippen molar-refractivity contribution in [2.75, 3.05) is 17.2 Å². The first-order valence-electron chi connectivity index (χ1n) is 14.6. The molecule has 0 radical (unpaired) electrons. The Morgan fingerprint density at radius 1 is 1.00 bits per heavy atom. The summed E-state index contributed by atoms with van der Waals surface area (Å²) >= 11 is 1.34. The third-order valence-corrected chi connectivity index (χ3v) is 9.62. The van der Waals surface area contributed by atoms with Gasteiger partial charge in [-0.1, -0.05) is 25.3 Å². The first kappa shape index (κ1) is 32.4. The number of thiazole rings is 1. The Kier molecular flexibility index (Phi) is 10.5. The van der Waals surface area contributed by atoms with Gasteiger partial charge in [-0.25, -0.2) is 27.7 Å². The monoisotopic (exact) mass is 627 g/mol. The molecule has 0 saturated heterocycles. The SMILES string of the molecule is CC(C)OC(=O)Nc1ccc(-c2ncc(-c3ccc(NC(=O)NCC4CCCCC4)cc3S(=O)(=O)NC(C)(C)C)s2)cc1. The zero-order valence-corrected chi connectivity index (χ0v) is 27.0. The van der Waals surface area contributed by atoms with Crippen LogP contribution in [-0.2, 0) is 14.8 Å². The molecule has 1 aromatic heterocycles. The number of rotatable bonds is 9. The van der Waals surface area contributed by atoms with E-state index in [9.17, 15) is 18.0 Å². The lowest BCUT2D eigenvalue weighted by molar-refractivity contribution is 0.130. The van der Waals surface area contributed by atoms with E-state index < -0.39 is 21.7 Å². The van der Waals surface area contributed by atoms with Crippen LogP contribution in [0.25, 0.3) is 21.0 Å². The van der Waals surface area contributed by atoms with E-state index in [0.717, 1.165) is 18.4 Å². The average molecular weight is 628 g/mol. The molecule has 0 aliphatic heterocycles. The van der Waals surface area contributed by atoms with Crippen LogP contribution in [0.1, 0.15) is 66.7 Å². The van der Waals surface area contributed by atoms with Gasteiger partial charge in [-0.15, -0.1) is 11.3 Å². The van der Waals surface area contributed by atoms with Crippen molar-refractivity contribution in [3.63, 3.8) is 0 Å². The number of amides is 3. The number of nitrogens with one attached hydrogen (secondary N) is 4. The number of sulfonamides is 1. The Bertz CT molecular complexity index is 1520. The fraction of sp³-hybridized carbons (Fsp3) is 0.452. The zero-order chi connectivity index (χ0) is 31.2. The molecular weight excluding hydrogens is 587 g/mol. The Morgan fingerprint density at radius 3 is 2.33 bits per heavy atom. The second kappa shape index (κ2) is 13.9. The normalized spacial score (nSPS) is 14.4. The first-order valence-corrected chi connectivity index (χ1v) is 16.9. The molecule has 10 nitrogen and oxygen atoms in total. The molecule has 43 heavy (non-hydrogen) atoms. The van der Waals surface area contributed by atoms with Gasteiger partial charge in [-0.2, -0.15) is 0 Å². The van der Waals surface area contributed by atoms with Crippen LogP contribution in [-0.4, -0.2) is 43.7 Å². The second-order valence-electron chi connectivity index (χ2n) is 12.1. The lowest BCUT2D eigenvalue weighted by atomic mass is 9.89. The number of hydrogen-bond donors (Lipinski definition) is 4. The van der Waals surface area contributed by atoms with Crippen molar-refractivity contribution in [3.05, 3.63) is 48.7 Å². The summed E-state index contributed by atoms with van der Waals surface area (Å²) in [6, 6.07) is 11.7. The van der Waals surface area contributed by atoms with Crippen molar-refractivity contribution in [2.24, 2.45) is 5.92 Å². The number of anilines is 2. The molecule has 232 valence electrons. The Balaban J connectivity index is 1.56. The Labute approximate surface area is 258 Å². The number of ether oxygens (including phenoxy) is 1. The number of carbonyl (C=O) groups is 2. The van der Waals surface area contributed by atoms with E-state index in [-0.39, 0.29) is 17.0 Å². The summed E-state index contributed by atoms with van der Waals surface area (Å²) in [6.45, 7) is 9.48. The molecule has 1 fully saturated rings. The average Bonchev–Trinajstić information content (AvgIpc) is 3.41. The highest BCUT2D eigenvalue weighted by Crippen LogP contribution is 2.37. The van der Waals surface area contributed by atoms with Crippen LogP contribution in [0.5, 0.6) is 0 Å². The van der Waals surface area contributed by atoms with E-state index in [1.165, 1.54) is 36.7 Å². The summed E-state index contributed by atoms with van der Waals surface area (Å²) in [4.78, 5) is 29.8.